The SMILES string of the molecule is COc1ccc2c3c(n(C)c2c1)[C@@H](CO)N(CC1CC1)CC31CN(C(=O)c2ccc3c(c2)OCO3)C1. The number of fused-ring (bicyclic) bond motifs is 5. The Labute approximate surface area is 209 Å². The lowest BCUT2D eigenvalue weighted by molar-refractivity contribution is -0.00223. The van der Waals surface area contributed by atoms with Gasteiger partial charge in [0.15, 0.2) is 11.5 Å². The maximum absolute atomic E-state index is 13.5. The number of nitrogens with zero attached hydrogens (tertiary/aromatic N) is 3. The van der Waals surface area contributed by atoms with Gasteiger partial charge in [0.05, 0.1) is 25.3 Å². The van der Waals surface area contributed by atoms with E-state index in [0.717, 1.165) is 24.4 Å². The number of methoxy groups -OCH3 is 1. The van der Waals surface area contributed by atoms with Crippen molar-refractivity contribution in [2.45, 2.75) is 24.3 Å². The predicted octanol–water partition coefficient (Wildman–Crippen LogP) is 3.07. The van der Waals surface area contributed by atoms with Crippen molar-refractivity contribution < 1.29 is 24.1 Å². The number of aliphatic hydroxyl groups is 1. The lowest BCUT2D eigenvalue weighted by atomic mass is 9.68. The highest BCUT2D eigenvalue weighted by Crippen LogP contribution is 2.51. The van der Waals surface area contributed by atoms with Crippen molar-refractivity contribution in [3.63, 3.8) is 0 Å². The van der Waals surface area contributed by atoms with E-state index in [0.29, 0.717) is 36.1 Å². The monoisotopic (exact) mass is 489 g/mol. The Balaban J connectivity index is 1.28. The molecule has 2 fully saturated rings. The topological polar surface area (TPSA) is 76.4 Å². The number of carbonyl (C=O) groups is 1. The zero-order valence-corrected chi connectivity index (χ0v) is 20.7. The molecule has 1 aliphatic carbocycles. The molecule has 4 heterocycles. The summed E-state index contributed by atoms with van der Waals surface area (Å²) < 4.78 is 18.7. The van der Waals surface area contributed by atoms with E-state index in [1.807, 2.05) is 23.1 Å². The van der Waals surface area contributed by atoms with Crippen molar-refractivity contribution in [1.82, 2.24) is 14.4 Å². The van der Waals surface area contributed by atoms with Crippen molar-refractivity contribution in [2.24, 2.45) is 13.0 Å². The molecule has 3 aromatic rings. The molecule has 1 aromatic heterocycles. The highest BCUT2D eigenvalue weighted by Gasteiger charge is 2.55. The van der Waals surface area contributed by atoms with Crippen LogP contribution in [-0.4, -0.2) is 72.1 Å². The largest absolute Gasteiger partial charge is 0.497 e. The van der Waals surface area contributed by atoms with E-state index in [-0.39, 0.29) is 30.8 Å². The van der Waals surface area contributed by atoms with Gasteiger partial charge in [0.1, 0.15) is 5.75 Å². The fourth-order valence-electron chi connectivity index (χ4n) is 6.59. The van der Waals surface area contributed by atoms with Gasteiger partial charge in [0.25, 0.3) is 5.91 Å². The smallest absolute Gasteiger partial charge is 0.254 e. The van der Waals surface area contributed by atoms with Crippen LogP contribution in [0.25, 0.3) is 10.9 Å². The number of aromatic nitrogens is 1. The lowest BCUT2D eigenvalue weighted by Crippen LogP contribution is -2.67. The number of amides is 1. The third-order valence-electron chi connectivity index (χ3n) is 8.50. The molecule has 1 N–H and O–H groups in total. The Morgan fingerprint density at radius 2 is 1.92 bits per heavy atom. The van der Waals surface area contributed by atoms with E-state index < -0.39 is 0 Å². The molecule has 0 bridgehead atoms. The van der Waals surface area contributed by atoms with Crippen LogP contribution in [0.5, 0.6) is 17.2 Å². The summed E-state index contributed by atoms with van der Waals surface area (Å²) in [7, 11) is 3.77. The van der Waals surface area contributed by atoms with Gasteiger partial charge in [-0.15, -0.1) is 0 Å². The van der Waals surface area contributed by atoms with Crippen molar-refractivity contribution in [2.75, 3.05) is 46.7 Å². The number of ether oxygens (including phenoxy) is 3. The van der Waals surface area contributed by atoms with E-state index in [1.165, 1.54) is 29.5 Å². The molecule has 3 aliphatic heterocycles. The van der Waals surface area contributed by atoms with Gasteiger partial charge in [0.2, 0.25) is 6.79 Å². The molecule has 7 rings (SSSR count). The maximum Gasteiger partial charge on any atom is 0.254 e. The summed E-state index contributed by atoms with van der Waals surface area (Å²) in [4.78, 5) is 17.9. The van der Waals surface area contributed by atoms with E-state index in [9.17, 15) is 9.90 Å². The molecular weight excluding hydrogens is 458 g/mol. The zero-order chi connectivity index (χ0) is 24.6. The quantitative estimate of drug-likeness (QED) is 0.594. The number of aliphatic hydroxyl groups excluding tert-OH is 1. The molecule has 1 spiro atoms. The van der Waals surface area contributed by atoms with Crippen LogP contribution in [0.2, 0.25) is 0 Å². The average molecular weight is 490 g/mol. The molecular formula is C28H31N3O5. The Hall–Kier alpha value is -3.23. The molecule has 188 valence electrons. The van der Waals surface area contributed by atoms with Crippen LogP contribution in [-0.2, 0) is 12.5 Å². The fraction of sp³-hybridized carbons (Fsp3) is 0.464. The number of hydrogen-bond donors (Lipinski definition) is 1. The minimum atomic E-state index is -0.171. The van der Waals surface area contributed by atoms with E-state index >= 15 is 0 Å². The zero-order valence-electron chi connectivity index (χ0n) is 20.7. The molecule has 1 amide bonds. The van der Waals surface area contributed by atoms with Crippen molar-refractivity contribution in [3.05, 3.63) is 53.2 Å². The molecule has 8 heteroatoms. The van der Waals surface area contributed by atoms with Gasteiger partial charge in [-0.2, -0.15) is 0 Å². The standard InChI is InChI=1S/C28H31N3O5/c1-29-21-10-19(34-2)6-7-20(21)25-26(29)22(12-32)30(11-17-3-4-17)13-28(25)14-31(15-28)27(33)18-5-8-23-24(9-18)36-16-35-23/h5-10,17,22,32H,3-4,11-16H2,1-2H3/t22-/m1/s1. The molecule has 4 aliphatic rings. The van der Waals surface area contributed by atoms with Gasteiger partial charge in [-0.3, -0.25) is 9.69 Å². The van der Waals surface area contributed by atoms with Crippen LogP contribution in [0, 0.1) is 5.92 Å². The fourth-order valence-corrected chi connectivity index (χ4v) is 6.59. The van der Waals surface area contributed by atoms with Gasteiger partial charge in [0, 0.05) is 61.4 Å². The molecule has 1 atom stereocenters. The first-order chi connectivity index (χ1) is 17.5. The number of aryl methyl sites for hydroxylation is 1. The third-order valence-corrected chi connectivity index (χ3v) is 8.50. The average Bonchev–Trinajstić information content (AvgIpc) is 3.48. The van der Waals surface area contributed by atoms with Gasteiger partial charge >= 0.3 is 0 Å². The first kappa shape index (κ1) is 22.0. The molecule has 0 unspecified atom stereocenters. The van der Waals surface area contributed by atoms with Crippen molar-refractivity contribution >= 4 is 16.8 Å². The first-order valence-corrected chi connectivity index (χ1v) is 12.7. The summed E-state index contributed by atoms with van der Waals surface area (Å²) in [5, 5.41) is 11.7. The van der Waals surface area contributed by atoms with E-state index in [4.69, 9.17) is 14.2 Å². The van der Waals surface area contributed by atoms with Gasteiger partial charge in [-0.05, 0) is 54.7 Å². The highest BCUT2D eigenvalue weighted by molar-refractivity contribution is 5.96. The van der Waals surface area contributed by atoms with E-state index in [2.05, 4.69) is 28.6 Å². The van der Waals surface area contributed by atoms with Crippen molar-refractivity contribution in [3.8, 4) is 17.2 Å². The molecule has 36 heavy (non-hydrogen) atoms. The van der Waals surface area contributed by atoms with Crippen LogP contribution in [0.15, 0.2) is 36.4 Å². The Kier molecular flexibility index (Phi) is 4.82. The first-order valence-electron chi connectivity index (χ1n) is 12.7. The second-order valence-corrected chi connectivity index (χ2v) is 10.8. The van der Waals surface area contributed by atoms with Gasteiger partial charge in [-0.1, -0.05) is 0 Å². The molecule has 2 aromatic carbocycles. The summed E-state index contributed by atoms with van der Waals surface area (Å²) in [6.45, 7) is 3.41. The molecule has 1 saturated heterocycles. The third kappa shape index (κ3) is 3.17. The van der Waals surface area contributed by atoms with Gasteiger partial charge < -0.3 is 28.8 Å². The predicted molar refractivity (Wildman–Crippen MR) is 134 cm³/mol. The van der Waals surface area contributed by atoms with Crippen LogP contribution in [0.3, 0.4) is 0 Å². The second kappa shape index (κ2) is 7.88. The summed E-state index contributed by atoms with van der Waals surface area (Å²) in [5.74, 6) is 2.85. The summed E-state index contributed by atoms with van der Waals surface area (Å²) in [5.41, 5.74) is 4.00. The number of hydrogen-bond acceptors (Lipinski definition) is 6. The minimum Gasteiger partial charge on any atom is -0.497 e. The molecule has 0 radical (unpaired) electrons. The Morgan fingerprint density at radius 3 is 2.67 bits per heavy atom. The van der Waals surface area contributed by atoms with Gasteiger partial charge in [-0.25, -0.2) is 0 Å². The minimum absolute atomic E-state index is 0.0143. The maximum atomic E-state index is 13.5. The van der Waals surface area contributed by atoms with Crippen LogP contribution < -0.4 is 14.2 Å². The number of rotatable bonds is 5. The Bertz CT molecular complexity index is 1370. The molecule has 8 nitrogen and oxygen atoms in total. The Morgan fingerprint density at radius 1 is 1.11 bits per heavy atom. The van der Waals surface area contributed by atoms with Crippen LogP contribution in [0.4, 0.5) is 0 Å². The van der Waals surface area contributed by atoms with Crippen molar-refractivity contribution in [1.29, 1.82) is 0 Å². The summed E-state index contributed by atoms with van der Waals surface area (Å²) in [6.07, 6.45) is 2.52. The lowest BCUT2D eigenvalue weighted by Gasteiger charge is -2.56. The highest BCUT2D eigenvalue weighted by atomic mass is 16.7. The number of benzene rings is 2. The van der Waals surface area contributed by atoms with Crippen LogP contribution >= 0.6 is 0 Å². The number of likely N-dealkylation sites (tertiary alicyclic amines) is 1. The van der Waals surface area contributed by atoms with E-state index in [1.54, 1.807) is 13.2 Å². The number of carbonyl (C=O) groups excluding carboxylic acids is 1. The normalized spacial score (nSPS) is 22.1. The summed E-state index contributed by atoms with van der Waals surface area (Å²) >= 11 is 0. The van der Waals surface area contributed by atoms with Crippen LogP contribution in [0.1, 0.15) is 40.5 Å². The molecule has 1 saturated carbocycles. The second-order valence-electron chi connectivity index (χ2n) is 10.8. The summed E-state index contributed by atoms with van der Waals surface area (Å²) in [6, 6.07) is 11.6.